The third kappa shape index (κ3) is 3.60. The molecule has 0 radical (unpaired) electrons. The average molecular weight is 309 g/mol. The Morgan fingerprint density at radius 1 is 1.17 bits per heavy atom. The third-order valence-corrected chi connectivity index (χ3v) is 5.46. The van der Waals surface area contributed by atoms with E-state index in [9.17, 15) is 0 Å². The van der Waals surface area contributed by atoms with Crippen LogP contribution in [0.4, 0.5) is 0 Å². The van der Waals surface area contributed by atoms with Crippen LogP contribution >= 0.6 is 15.9 Å². The van der Waals surface area contributed by atoms with Gasteiger partial charge in [-0.2, -0.15) is 0 Å². The minimum absolute atomic E-state index is 0.581. The predicted molar refractivity (Wildman–Crippen MR) is 83.3 cm³/mol. The monoisotopic (exact) mass is 308 g/mol. The minimum atomic E-state index is 0.581. The topological polar surface area (TPSA) is 0 Å². The lowest BCUT2D eigenvalue weighted by atomic mass is 9.91. The summed E-state index contributed by atoms with van der Waals surface area (Å²) < 4.78 is 0. The van der Waals surface area contributed by atoms with Crippen molar-refractivity contribution in [2.75, 3.05) is 0 Å². The third-order valence-electron chi connectivity index (χ3n) is 4.22. The smallest absolute Gasteiger partial charge is 0.0426 e. The van der Waals surface area contributed by atoms with Gasteiger partial charge in [-0.05, 0) is 42.7 Å². The Hall–Kier alpha value is -0.300. The molecule has 2 atom stereocenters. The van der Waals surface area contributed by atoms with Crippen molar-refractivity contribution in [2.45, 2.75) is 63.1 Å². The second-order valence-corrected chi connectivity index (χ2v) is 6.59. The van der Waals surface area contributed by atoms with Gasteiger partial charge in [-0.3, -0.25) is 0 Å². The summed E-state index contributed by atoms with van der Waals surface area (Å²) in [5, 5.41) is 0. The largest absolute Gasteiger partial charge is 0.0836 e. The van der Waals surface area contributed by atoms with E-state index in [0.717, 1.165) is 5.92 Å². The van der Waals surface area contributed by atoms with Gasteiger partial charge in [-0.25, -0.2) is 0 Å². The van der Waals surface area contributed by atoms with Crippen LogP contribution in [-0.2, 0) is 6.42 Å². The first-order valence-corrected chi connectivity index (χ1v) is 8.46. The van der Waals surface area contributed by atoms with E-state index in [1.54, 1.807) is 11.1 Å². The van der Waals surface area contributed by atoms with E-state index in [1.807, 2.05) is 0 Å². The van der Waals surface area contributed by atoms with Crippen molar-refractivity contribution in [1.82, 2.24) is 0 Å². The molecule has 0 aromatic heterocycles. The summed E-state index contributed by atoms with van der Waals surface area (Å²) >= 11 is 3.97. The summed E-state index contributed by atoms with van der Waals surface area (Å²) in [6.45, 7) is 2.29. The highest BCUT2D eigenvalue weighted by Crippen LogP contribution is 2.41. The number of fused-ring (bicyclic) bond motifs is 1. The van der Waals surface area contributed by atoms with Gasteiger partial charge in [0.1, 0.15) is 0 Å². The summed E-state index contributed by atoms with van der Waals surface area (Å²) in [6, 6.07) is 8.99. The number of aryl methyl sites for hydroxylation is 1. The molecule has 0 nitrogen and oxygen atoms in total. The minimum Gasteiger partial charge on any atom is -0.0836 e. The Balaban J connectivity index is 1.97. The molecule has 0 saturated heterocycles. The van der Waals surface area contributed by atoms with Crippen molar-refractivity contribution in [3.05, 3.63) is 35.4 Å². The number of rotatable bonds is 5. The summed E-state index contributed by atoms with van der Waals surface area (Å²) in [6.07, 6.45) is 11.0. The number of halogens is 1. The molecule has 18 heavy (non-hydrogen) atoms. The van der Waals surface area contributed by atoms with Crippen LogP contribution in [0.5, 0.6) is 0 Å². The maximum absolute atomic E-state index is 3.97. The Labute approximate surface area is 120 Å². The van der Waals surface area contributed by atoms with Gasteiger partial charge < -0.3 is 0 Å². The van der Waals surface area contributed by atoms with Crippen LogP contribution in [0.2, 0.25) is 0 Å². The van der Waals surface area contributed by atoms with Crippen LogP contribution in [0.15, 0.2) is 24.3 Å². The van der Waals surface area contributed by atoms with Crippen molar-refractivity contribution in [2.24, 2.45) is 5.92 Å². The molecule has 1 aliphatic carbocycles. The molecule has 0 N–H and O–H groups in total. The van der Waals surface area contributed by atoms with Crippen LogP contribution in [0.1, 0.15) is 67.8 Å². The molecule has 1 aromatic rings. The number of unbranched alkanes of at least 4 members (excludes halogenated alkanes) is 3. The van der Waals surface area contributed by atoms with Gasteiger partial charge in [0.2, 0.25) is 0 Å². The Kier molecular flexibility index (Phi) is 5.75. The molecule has 2 unspecified atom stereocenters. The fourth-order valence-corrected chi connectivity index (χ4v) is 4.09. The van der Waals surface area contributed by atoms with Gasteiger partial charge in [-0.1, -0.05) is 72.8 Å². The van der Waals surface area contributed by atoms with E-state index < -0.39 is 0 Å². The van der Waals surface area contributed by atoms with Crippen LogP contribution in [0, 0.1) is 5.92 Å². The Morgan fingerprint density at radius 2 is 2.00 bits per heavy atom. The number of hydrogen-bond donors (Lipinski definition) is 0. The van der Waals surface area contributed by atoms with Gasteiger partial charge in [-0.15, -0.1) is 0 Å². The van der Waals surface area contributed by atoms with E-state index in [0.29, 0.717) is 4.83 Å². The summed E-state index contributed by atoms with van der Waals surface area (Å²) in [4.78, 5) is 0.581. The molecule has 1 heteroatoms. The van der Waals surface area contributed by atoms with Crippen LogP contribution in [0.25, 0.3) is 0 Å². The van der Waals surface area contributed by atoms with Crippen LogP contribution < -0.4 is 0 Å². The van der Waals surface area contributed by atoms with Crippen molar-refractivity contribution >= 4 is 15.9 Å². The lowest BCUT2D eigenvalue weighted by Crippen LogP contribution is -2.06. The highest BCUT2D eigenvalue weighted by molar-refractivity contribution is 9.09. The molecule has 0 spiro atoms. The highest BCUT2D eigenvalue weighted by atomic mass is 79.9. The van der Waals surface area contributed by atoms with Crippen molar-refractivity contribution < 1.29 is 0 Å². The molecule has 0 amide bonds. The second-order valence-electron chi connectivity index (χ2n) is 5.60. The predicted octanol–water partition coefficient (Wildman–Crippen LogP) is 6.05. The van der Waals surface area contributed by atoms with Gasteiger partial charge >= 0.3 is 0 Å². The van der Waals surface area contributed by atoms with Crippen LogP contribution in [-0.4, -0.2) is 0 Å². The quantitative estimate of drug-likeness (QED) is 0.353. The molecule has 100 valence electrons. The van der Waals surface area contributed by atoms with E-state index in [1.165, 1.54) is 51.4 Å². The lowest BCUT2D eigenvalue weighted by Gasteiger charge is -2.21. The van der Waals surface area contributed by atoms with Gasteiger partial charge in [0.25, 0.3) is 0 Å². The summed E-state index contributed by atoms with van der Waals surface area (Å²) in [5.41, 5.74) is 3.12. The van der Waals surface area contributed by atoms with Crippen LogP contribution in [0.3, 0.4) is 0 Å². The van der Waals surface area contributed by atoms with E-state index >= 15 is 0 Å². The molecule has 0 fully saturated rings. The summed E-state index contributed by atoms with van der Waals surface area (Å²) in [7, 11) is 0. The fourth-order valence-electron chi connectivity index (χ4n) is 3.11. The molecule has 0 bridgehead atoms. The molecule has 0 aliphatic heterocycles. The second kappa shape index (κ2) is 7.33. The van der Waals surface area contributed by atoms with Crippen molar-refractivity contribution in [3.8, 4) is 0 Å². The first-order chi connectivity index (χ1) is 8.83. The molecule has 0 heterocycles. The normalized spacial score (nSPS) is 23.4. The first-order valence-electron chi connectivity index (χ1n) is 7.54. The Bertz CT molecular complexity index is 358. The average Bonchev–Trinajstić information content (AvgIpc) is 2.56. The molecule has 2 rings (SSSR count). The number of alkyl halides is 1. The zero-order valence-electron chi connectivity index (χ0n) is 11.5. The molecule has 0 saturated carbocycles. The van der Waals surface area contributed by atoms with Crippen molar-refractivity contribution in [1.29, 1.82) is 0 Å². The molecular weight excluding hydrogens is 284 g/mol. The first kappa shape index (κ1) is 14.1. The standard InChI is InChI=1S/C17H25Br/c1-2-3-4-5-10-15-12-8-11-14-9-6-7-13-16(14)17(15)18/h6-7,9,13,15,17H,2-5,8,10-12H2,1H3. The molecule has 1 aromatic carbocycles. The number of benzene rings is 1. The van der Waals surface area contributed by atoms with Gasteiger partial charge in [0.15, 0.2) is 0 Å². The highest BCUT2D eigenvalue weighted by Gasteiger charge is 2.24. The zero-order chi connectivity index (χ0) is 12.8. The molecular formula is C17H25Br. The zero-order valence-corrected chi connectivity index (χ0v) is 13.1. The van der Waals surface area contributed by atoms with E-state index in [2.05, 4.69) is 47.1 Å². The SMILES string of the molecule is CCCCCCC1CCCc2ccccc2C1Br. The van der Waals surface area contributed by atoms with E-state index in [-0.39, 0.29) is 0 Å². The van der Waals surface area contributed by atoms with Crippen molar-refractivity contribution in [3.63, 3.8) is 0 Å². The van der Waals surface area contributed by atoms with Gasteiger partial charge in [0, 0.05) is 4.83 Å². The summed E-state index contributed by atoms with van der Waals surface area (Å²) in [5.74, 6) is 0.838. The fraction of sp³-hybridized carbons (Fsp3) is 0.647. The van der Waals surface area contributed by atoms with E-state index in [4.69, 9.17) is 0 Å². The van der Waals surface area contributed by atoms with Gasteiger partial charge in [0.05, 0.1) is 0 Å². The maximum Gasteiger partial charge on any atom is 0.0426 e. The maximum atomic E-state index is 3.97. The molecule has 1 aliphatic rings. The number of hydrogen-bond acceptors (Lipinski definition) is 0. The lowest BCUT2D eigenvalue weighted by molar-refractivity contribution is 0.420. The Morgan fingerprint density at radius 3 is 2.83 bits per heavy atom.